The summed E-state index contributed by atoms with van der Waals surface area (Å²) in [5.41, 5.74) is 0. The number of amides is 1. The van der Waals surface area contributed by atoms with Gasteiger partial charge in [0.1, 0.15) is 11.6 Å². The Labute approximate surface area is 123 Å². The topological polar surface area (TPSA) is 32.8 Å². The molecule has 0 spiro atoms. The second-order valence-corrected chi connectivity index (χ2v) is 5.31. The van der Waals surface area contributed by atoms with Gasteiger partial charge in [-0.2, -0.15) is 0 Å². The van der Waals surface area contributed by atoms with Crippen LogP contribution in [0.3, 0.4) is 0 Å². The summed E-state index contributed by atoms with van der Waals surface area (Å²) in [7, 11) is 2.05. The molecule has 2 rings (SSSR count). The van der Waals surface area contributed by atoms with Crippen molar-refractivity contribution in [3.63, 3.8) is 0 Å². The molecule has 0 bridgehead atoms. The number of halogens is 2. The SMILES string of the molecule is CN1CCCN(C(=O)COc2ccc(F)c(Cl)c2)CC1. The predicted octanol–water partition coefficient (Wildman–Crippen LogP) is 2.02. The van der Waals surface area contributed by atoms with E-state index in [0.29, 0.717) is 12.3 Å². The van der Waals surface area contributed by atoms with Crippen molar-refractivity contribution in [2.45, 2.75) is 6.42 Å². The highest BCUT2D eigenvalue weighted by molar-refractivity contribution is 6.30. The van der Waals surface area contributed by atoms with Crippen LogP contribution in [-0.4, -0.2) is 55.5 Å². The molecule has 0 unspecified atom stereocenters. The number of benzene rings is 1. The summed E-state index contributed by atoms with van der Waals surface area (Å²) in [6, 6.07) is 4.06. The molecule has 0 saturated carbocycles. The van der Waals surface area contributed by atoms with Crippen LogP contribution in [0.5, 0.6) is 5.75 Å². The number of carbonyl (C=O) groups excluding carboxylic acids is 1. The lowest BCUT2D eigenvalue weighted by atomic mass is 10.3. The number of nitrogens with zero attached hydrogens (tertiary/aromatic N) is 2. The van der Waals surface area contributed by atoms with Gasteiger partial charge in [0.2, 0.25) is 0 Å². The Morgan fingerprint density at radius 3 is 2.90 bits per heavy atom. The number of rotatable bonds is 3. The van der Waals surface area contributed by atoms with Gasteiger partial charge in [0.25, 0.3) is 5.91 Å². The maximum atomic E-state index is 13.0. The van der Waals surface area contributed by atoms with Gasteiger partial charge < -0.3 is 14.5 Å². The van der Waals surface area contributed by atoms with Crippen LogP contribution in [0.2, 0.25) is 5.02 Å². The van der Waals surface area contributed by atoms with Crippen LogP contribution in [0.15, 0.2) is 18.2 Å². The van der Waals surface area contributed by atoms with Gasteiger partial charge in [0.15, 0.2) is 6.61 Å². The monoisotopic (exact) mass is 300 g/mol. The molecule has 1 amide bonds. The minimum atomic E-state index is -0.499. The maximum absolute atomic E-state index is 13.0. The third-order valence-electron chi connectivity index (χ3n) is 3.33. The van der Waals surface area contributed by atoms with Gasteiger partial charge >= 0.3 is 0 Å². The molecule has 20 heavy (non-hydrogen) atoms. The highest BCUT2D eigenvalue weighted by Crippen LogP contribution is 2.21. The summed E-state index contributed by atoms with van der Waals surface area (Å²) < 4.78 is 18.4. The Hall–Kier alpha value is -1.33. The summed E-state index contributed by atoms with van der Waals surface area (Å²) in [6.07, 6.45) is 0.963. The molecule has 0 atom stereocenters. The van der Waals surface area contributed by atoms with E-state index in [9.17, 15) is 9.18 Å². The molecule has 0 radical (unpaired) electrons. The van der Waals surface area contributed by atoms with E-state index in [4.69, 9.17) is 16.3 Å². The highest BCUT2D eigenvalue weighted by atomic mass is 35.5. The molecule has 1 aliphatic heterocycles. The van der Waals surface area contributed by atoms with Crippen LogP contribution in [-0.2, 0) is 4.79 Å². The van der Waals surface area contributed by atoms with Gasteiger partial charge in [-0.05, 0) is 32.1 Å². The first-order valence-electron chi connectivity index (χ1n) is 6.60. The Balaban J connectivity index is 1.86. The van der Waals surface area contributed by atoms with Gasteiger partial charge in [0, 0.05) is 25.7 Å². The van der Waals surface area contributed by atoms with Crippen molar-refractivity contribution in [1.29, 1.82) is 0 Å². The van der Waals surface area contributed by atoms with Crippen LogP contribution in [0, 0.1) is 5.82 Å². The zero-order chi connectivity index (χ0) is 14.5. The van der Waals surface area contributed by atoms with E-state index in [-0.39, 0.29) is 17.5 Å². The Morgan fingerprint density at radius 2 is 2.15 bits per heavy atom. The van der Waals surface area contributed by atoms with Crippen molar-refractivity contribution in [1.82, 2.24) is 9.80 Å². The van der Waals surface area contributed by atoms with Gasteiger partial charge in [-0.1, -0.05) is 11.6 Å². The summed E-state index contributed by atoms with van der Waals surface area (Å²) in [5, 5.41) is -0.00801. The number of hydrogen-bond donors (Lipinski definition) is 0. The van der Waals surface area contributed by atoms with E-state index < -0.39 is 5.82 Å². The van der Waals surface area contributed by atoms with Gasteiger partial charge in [-0.3, -0.25) is 4.79 Å². The van der Waals surface area contributed by atoms with Gasteiger partial charge in [0.05, 0.1) is 5.02 Å². The summed E-state index contributed by atoms with van der Waals surface area (Å²) >= 11 is 5.66. The van der Waals surface area contributed by atoms with Crippen LogP contribution in [0.4, 0.5) is 4.39 Å². The van der Waals surface area contributed by atoms with Crippen LogP contribution in [0.1, 0.15) is 6.42 Å². The number of ether oxygens (including phenoxy) is 1. The fourth-order valence-corrected chi connectivity index (χ4v) is 2.27. The van der Waals surface area contributed by atoms with Crippen molar-refractivity contribution in [3.05, 3.63) is 29.0 Å². The lowest BCUT2D eigenvalue weighted by Crippen LogP contribution is -2.37. The van der Waals surface area contributed by atoms with Crippen LogP contribution < -0.4 is 4.74 Å². The Morgan fingerprint density at radius 1 is 1.35 bits per heavy atom. The minimum absolute atomic E-state index is 0.00801. The molecular weight excluding hydrogens is 283 g/mol. The molecule has 0 aliphatic carbocycles. The average molecular weight is 301 g/mol. The molecule has 110 valence electrons. The first kappa shape index (κ1) is 15.1. The molecule has 1 aromatic rings. The first-order valence-corrected chi connectivity index (χ1v) is 6.98. The van der Waals surface area contributed by atoms with E-state index in [1.54, 1.807) is 4.90 Å². The molecule has 1 aliphatic rings. The molecule has 0 N–H and O–H groups in total. The highest BCUT2D eigenvalue weighted by Gasteiger charge is 2.17. The first-order chi connectivity index (χ1) is 9.56. The van der Waals surface area contributed by atoms with E-state index in [1.165, 1.54) is 18.2 Å². The molecule has 0 aromatic heterocycles. The summed E-state index contributed by atoms with van der Waals surface area (Å²) in [4.78, 5) is 16.1. The fraction of sp³-hybridized carbons (Fsp3) is 0.500. The molecule has 1 aromatic carbocycles. The molecule has 1 heterocycles. The molecular formula is C14H18ClFN2O2. The lowest BCUT2D eigenvalue weighted by Gasteiger charge is -2.20. The number of carbonyl (C=O) groups is 1. The maximum Gasteiger partial charge on any atom is 0.260 e. The van der Waals surface area contributed by atoms with E-state index in [2.05, 4.69) is 4.90 Å². The number of hydrogen-bond acceptors (Lipinski definition) is 3. The van der Waals surface area contributed by atoms with Crippen molar-refractivity contribution in [2.24, 2.45) is 0 Å². The van der Waals surface area contributed by atoms with E-state index >= 15 is 0 Å². The van der Waals surface area contributed by atoms with Gasteiger partial charge in [-0.25, -0.2) is 4.39 Å². The zero-order valence-corrected chi connectivity index (χ0v) is 12.2. The molecule has 1 saturated heterocycles. The molecule has 4 nitrogen and oxygen atoms in total. The van der Waals surface area contributed by atoms with Crippen LogP contribution >= 0.6 is 11.6 Å². The Kier molecular flexibility index (Phi) is 5.20. The van der Waals surface area contributed by atoms with Crippen molar-refractivity contribution in [2.75, 3.05) is 39.8 Å². The summed E-state index contributed by atoms with van der Waals surface area (Å²) in [5.74, 6) is -0.154. The number of likely N-dealkylation sites (N-methyl/N-ethyl adjacent to an activating group) is 1. The van der Waals surface area contributed by atoms with Crippen molar-refractivity contribution >= 4 is 17.5 Å². The van der Waals surface area contributed by atoms with Crippen LogP contribution in [0.25, 0.3) is 0 Å². The zero-order valence-electron chi connectivity index (χ0n) is 11.4. The standard InChI is InChI=1S/C14H18ClFN2O2/c1-17-5-2-6-18(8-7-17)14(19)10-20-11-3-4-13(16)12(15)9-11/h3-4,9H,2,5-8,10H2,1H3. The largest absolute Gasteiger partial charge is 0.484 e. The van der Waals surface area contributed by atoms with Crippen molar-refractivity contribution in [3.8, 4) is 5.75 Å². The minimum Gasteiger partial charge on any atom is -0.484 e. The third-order valence-corrected chi connectivity index (χ3v) is 3.62. The van der Waals surface area contributed by atoms with Gasteiger partial charge in [-0.15, -0.1) is 0 Å². The lowest BCUT2D eigenvalue weighted by molar-refractivity contribution is -0.133. The normalized spacial score (nSPS) is 16.9. The van der Waals surface area contributed by atoms with E-state index in [0.717, 1.165) is 26.1 Å². The van der Waals surface area contributed by atoms with Crippen molar-refractivity contribution < 1.29 is 13.9 Å². The van der Waals surface area contributed by atoms with E-state index in [1.807, 2.05) is 7.05 Å². The quantitative estimate of drug-likeness (QED) is 0.856. The average Bonchev–Trinajstić information content (AvgIpc) is 2.64. The second kappa shape index (κ2) is 6.90. The smallest absolute Gasteiger partial charge is 0.260 e. The Bertz CT molecular complexity index is 484. The fourth-order valence-electron chi connectivity index (χ4n) is 2.10. The molecule has 1 fully saturated rings. The molecule has 6 heteroatoms. The predicted molar refractivity (Wildman–Crippen MR) is 75.6 cm³/mol. The second-order valence-electron chi connectivity index (χ2n) is 4.90. The summed E-state index contributed by atoms with van der Waals surface area (Å²) in [6.45, 7) is 3.28. The third kappa shape index (κ3) is 4.08.